The highest BCUT2D eigenvalue weighted by atomic mass is 16.1. The Morgan fingerprint density at radius 2 is 1.91 bits per heavy atom. The van der Waals surface area contributed by atoms with Crippen molar-refractivity contribution in [3.63, 3.8) is 0 Å². The summed E-state index contributed by atoms with van der Waals surface area (Å²) in [6, 6.07) is 0. The summed E-state index contributed by atoms with van der Waals surface area (Å²) < 4.78 is 0. The van der Waals surface area contributed by atoms with Gasteiger partial charge in [0.25, 0.3) is 0 Å². The quantitative estimate of drug-likeness (QED) is 0.701. The summed E-state index contributed by atoms with van der Waals surface area (Å²) in [6.45, 7) is 6.46. The third kappa shape index (κ3) is 2.06. The third-order valence-corrected chi connectivity index (χ3v) is 8.48. The summed E-state index contributed by atoms with van der Waals surface area (Å²) >= 11 is 0. The summed E-state index contributed by atoms with van der Waals surface area (Å²) in [5.41, 5.74) is 1.41. The average molecular weight is 314 g/mol. The number of rotatable bonds is 1. The van der Waals surface area contributed by atoms with E-state index in [1.165, 1.54) is 19.3 Å². The van der Waals surface area contributed by atoms with Crippen molar-refractivity contribution in [2.45, 2.75) is 72.1 Å². The van der Waals surface area contributed by atoms with Gasteiger partial charge in [-0.2, -0.15) is 0 Å². The number of carbonyl (C=O) groups excluding carboxylic acids is 2. The lowest BCUT2D eigenvalue weighted by atomic mass is 9.45. The van der Waals surface area contributed by atoms with E-state index in [-0.39, 0.29) is 11.2 Å². The van der Waals surface area contributed by atoms with E-state index in [4.69, 9.17) is 0 Å². The lowest BCUT2D eigenvalue weighted by molar-refractivity contribution is -0.136. The van der Waals surface area contributed by atoms with E-state index in [2.05, 4.69) is 19.9 Å². The molecule has 4 aliphatic carbocycles. The predicted octanol–water partition coefficient (Wildman–Crippen LogP) is 4.72. The molecule has 0 aromatic rings. The predicted molar refractivity (Wildman–Crippen MR) is 90.9 cm³/mol. The van der Waals surface area contributed by atoms with E-state index in [9.17, 15) is 9.59 Å². The largest absolute Gasteiger partial charge is 0.299 e. The van der Waals surface area contributed by atoms with E-state index in [1.807, 2.05) is 0 Å². The Kier molecular flexibility index (Phi) is 3.42. The molecule has 3 saturated carbocycles. The molecule has 0 heterocycles. The van der Waals surface area contributed by atoms with Gasteiger partial charge in [-0.25, -0.2) is 0 Å². The molecule has 0 aromatic carbocycles. The Hall–Kier alpha value is -0.920. The maximum atomic E-state index is 12.4. The fourth-order valence-electron chi connectivity index (χ4n) is 6.94. The molecule has 4 rings (SSSR count). The molecule has 23 heavy (non-hydrogen) atoms. The average Bonchev–Trinajstić information content (AvgIpc) is 2.82. The first-order valence-corrected chi connectivity index (χ1v) is 9.59. The molecule has 0 radical (unpaired) electrons. The first-order chi connectivity index (χ1) is 10.9. The van der Waals surface area contributed by atoms with Crippen LogP contribution in [0.1, 0.15) is 72.1 Å². The SMILES string of the molecule is CC(=O)C1=CC[C@@]2(C)[C@H](CC[C@@H]3[C@H]4CCC(=O)[C@@]4(C)CC[C@@H]32)C1. The van der Waals surface area contributed by atoms with Gasteiger partial charge < -0.3 is 0 Å². The second-order valence-electron chi connectivity index (χ2n) is 9.27. The van der Waals surface area contributed by atoms with Crippen LogP contribution < -0.4 is 0 Å². The van der Waals surface area contributed by atoms with Crippen LogP contribution in [0.4, 0.5) is 0 Å². The summed E-state index contributed by atoms with van der Waals surface area (Å²) in [5.74, 6) is 3.62. The number of hydrogen-bond donors (Lipinski definition) is 0. The molecular formula is C21H30O2. The zero-order valence-electron chi connectivity index (χ0n) is 14.9. The van der Waals surface area contributed by atoms with Crippen LogP contribution in [0, 0.1) is 34.5 Å². The Labute approximate surface area is 140 Å². The first-order valence-electron chi connectivity index (χ1n) is 9.59. The van der Waals surface area contributed by atoms with Gasteiger partial charge in [0.15, 0.2) is 5.78 Å². The first kappa shape index (κ1) is 15.6. The van der Waals surface area contributed by atoms with Gasteiger partial charge in [-0.15, -0.1) is 0 Å². The van der Waals surface area contributed by atoms with Crippen LogP contribution in [-0.2, 0) is 9.59 Å². The zero-order valence-corrected chi connectivity index (χ0v) is 14.9. The normalized spacial score (nSPS) is 49.0. The molecule has 126 valence electrons. The molecule has 2 heteroatoms. The molecule has 4 aliphatic rings. The van der Waals surface area contributed by atoms with Gasteiger partial charge in [0.1, 0.15) is 5.78 Å². The molecular weight excluding hydrogens is 284 g/mol. The van der Waals surface area contributed by atoms with Crippen LogP contribution in [-0.4, -0.2) is 11.6 Å². The molecule has 0 N–H and O–H groups in total. The maximum absolute atomic E-state index is 12.4. The van der Waals surface area contributed by atoms with E-state index >= 15 is 0 Å². The molecule has 2 nitrogen and oxygen atoms in total. The highest BCUT2D eigenvalue weighted by Gasteiger charge is 2.59. The minimum atomic E-state index is -0.0145. The lowest BCUT2D eigenvalue weighted by Crippen LogP contribution is -2.52. The zero-order chi connectivity index (χ0) is 16.4. The Morgan fingerprint density at radius 1 is 1.13 bits per heavy atom. The number of allylic oxidation sites excluding steroid dienone is 2. The molecule has 0 aromatic heterocycles. The van der Waals surface area contributed by atoms with Crippen LogP contribution in [0.5, 0.6) is 0 Å². The van der Waals surface area contributed by atoms with Crippen LogP contribution in [0.3, 0.4) is 0 Å². The number of Topliss-reactive ketones (excluding diaryl/α,β-unsaturated/α-hetero) is 2. The van der Waals surface area contributed by atoms with Gasteiger partial charge in [-0.3, -0.25) is 9.59 Å². The fourth-order valence-corrected chi connectivity index (χ4v) is 6.94. The van der Waals surface area contributed by atoms with E-state index in [0.717, 1.165) is 49.5 Å². The van der Waals surface area contributed by atoms with Crippen molar-refractivity contribution in [3.8, 4) is 0 Å². The summed E-state index contributed by atoms with van der Waals surface area (Å²) in [4.78, 5) is 24.2. The summed E-state index contributed by atoms with van der Waals surface area (Å²) in [7, 11) is 0. The van der Waals surface area contributed by atoms with Gasteiger partial charge in [-0.05, 0) is 86.5 Å². The van der Waals surface area contributed by atoms with Crippen molar-refractivity contribution in [1.29, 1.82) is 0 Å². The Morgan fingerprint density at radius 3 is 2.65 bits per heavy atom. The molecule has 0 aliphatic heterocycles. The molecule has 3 fully saturated rings. The van der Waals surface area contributed by atoms with Gasteiger partial charge in [-0.1, -0.05) is 19.9 Å². The number of fused-ring (bicyclic) bond motifs is 5. The van der Waals surface area contributed by atoms with Crippen molar-refractivity contribution in [2.75, 3.05) is 0 Å². The number of hydrogen-bond acceptors (Lipinski definition) is 2. The number of carbonyl (C=O) groups is 2. The van der Waals surface area contributed by atoms with Crippen LogP contribution in [0.2, 0.25) is 0 Å². The highest BCUT2D eigenvalue weighted by Crippen LogP contribution is 2.65. The van der Waals surface area contributed by atoms with Crippen molar-refractivity contribution in [1.82, 2.24) is 0 Å². The van der Waals surface area contributed by atoms with E-state index in [0.29, 0.717) is 23.0 Å². The molecule has 0 saturated heterocycles. The smallest absolute Gasteiger partial charge is 0.155 e. The molecule has 0 bridgehead atoms. The van der Waals surface area contributed by atoms with Gasteiger partial charge in [0, 0.05) is 11.8 Å². The summed E-state index contributed by atoms with van der Waals surface area (Å²) in [5, 5.41) is 0. The maximum Gasteiger partial charge on any atom is 0.155 e. The van der Waals surface area contributed by atoms with Crippen LogP contribution in [0.15, 0.2) is 11.6 Å². The van der Waals surface area contributed by atoms with Gasteiger partial charge >= 0.3 is 0 Å². The van der Waals surface area contributed by atoms with Crippen molar-refractivity contribution in [3.05, 3.63) is 11.6 Å². The summed E-state index contributed by atoms with van der Waals surface area (Å²) in [6.07, 6.45) is 11.1. The van der Waals surface area contributed by atoms with Crippen molar-refractivity contribution in [2.24, 2.45) is 34.5 Å². The number of ketones is 2. The topological polar surface area (TPSA) is 34.1 Å². The minimum absolute atomic E-state index is 0.0145. The lowest BCUT2D eigenvalue weighted by Gasteiger charge is -2.59. The van der Waals surface area contributed by atoms with Crippen molar-refractivity contribution < 1.29 is 9.59 Å². The van der Waals surface area contributed by atoms with Gasteiger partial charge in [0.05, 0.1) is 0 Å². The van der Waals surface area contributed by atoms with E-state index in [1.54, 1.807) is 6.92 Å². The fraction of sp³-hybridized carbons (Fsp3) is 0.810. The standard InChI is InChI=1S/C21H30O2/c1-13(22)14-8-10-20(2)15(12-14)4-5-16-17-6-7-19(23)21(17,3)11-9-18(16)20/h8,15-18H,4-7,9-12H2,1-3H3/t15-,16-,17-,18+,20+,21+/m1/s1. The second kappa shape index (κ2) is 5.04. The van der Waals surface area contributed by atoms with Crippen LogP contribution >= 0.6 is 0 Å². The Bertz CT molecular complexity index is 589. The second-order valence-corrected chi connectivity index (χ2v) is 9.27. The van der Waals surface area contributed by atoms with Crippen molar-refractivity contribution >= 4 is 11.6 Å². The molecule has 6 atom stereocenters. The molecule has 0 spiro atoms. The molecule has 0 amide bonds. The minimum Gasteiger partial charge on any atom is -0.299 e. The highest BCUT2D eigenvalue weighted by molar-refractivity contribution is 5.93. The molecule has 0 unspecified atom stereocenters. The third-order valence-electron chi connectivity index (χ3n) is 8.48. The van der Waals surface area contributed by atoms with E-state index < -0.39 is 0 Å². The van der Waals surface area contributed by atoms with Crippen LogP contribution in [0.25, 0.3) is 0 Å². The Balaban J connectivity index is 1.64. The monoisotopic (exact) mass is 314 g/mol. The van der Waals surface area contributed by atoms with Gasteiger partial charge in [0.2, 0.25) is 0 Å².